The Bertz CT molecular complexity index is 845. The van der Waals surface area contributed by atoms with Crippen molar-refractivity contribution in [3.8, 4) is 5.75 Å². The van der Waals surface area contributed by atoms with E-state index in [0.29, 0.717) is 21.5 Å². The Balaban J connectivity index is 2.13. The SMILES string of the molecule is COC(=O)[C@@H]1N[C@@H](c2cccc(Br)c2)N(c2ccc(OC)cc2)[C@H]1C(F)(F)F. The molecule has 5 nitrogen and oxygen atoms in total. The summed E-state index contributed by atoms with van der Waals surface area (Å²) in [5.74, 6) is -0.457. The number of halogens is 4. The van der Waals surface area contributed by atoms with Gasteiger partial charge in [-0.15, -0.1) is 0 Å². The second-order valence-corrected chi connectivity index (χ2v) is 7.13. The fourth-order valence-electron chi connectivity index (χ4n) is 3.33. The third-order valence-corrected chi connectivity index (χ3v) is 5.05. The van der Waals surface area contributed by atoms with Gasteiger partial charge in [-0.1, -0.05) is 28.1 Å². The predicted octanol–water partition coefficient (Wildman–Crippen LogP) is 4.04. The van der Waals surface area contributed by atoms with E-state index in [0.717, 1.165) is 12.0 Å². The Labute approximate surface area is 168 Å². The van der Waals surface area contributed by atoms with Gasteiger partial charge in [0.25, 0.3) is 0 Å². The normalized spacial score (nSPS) is 22.2. The Kier molecular flexibility index (Phi) is 5.85. The van der Waals surface area contributed by atoms with E-state index >= 15 is 0 Å². The maximum atomic E-state index is 14.0. The van der Waals surface area contributed by atoms with Crippen LogP contribution in [0.2, 0.25) is 0 Å². The average molecular weight is 459 g/mol. The fraction of sp³-hybridized carbons (Fsp3) is 0.316. The van der Waals surface area contributed by atoms with Crippen molar-refractivity contribution in [1.82, 2.24) is 5.32 Å². The maximum Gasteiger partial charge on any atom is 0.410 e. The molecule has 2 aromatic carbocycles. The molecule has 0 unspecified atom stereocenters. The molecule has 0 aromatic heterocycles. The molecule has 1 saturated heterocycles. The number of carbonyl (C=O) groups is 1. The smallest absolute Gasteiger partial charge is 0.410 e. The van der Waals surface area contributed by atoms with Gasteiger partial charge in [-0.2, -0.15) is 13.2 Å². The molecule has 0 saturated carbocycles. The molecule has 2 aromatic rings. The minimum atomic E-state index is -4.67. The predicted molar refractivity (Wildman–Crippen MR) is 101 cm³/mol. The number of methoxy groups -OCH3 is 2. The van der Waals surface area contributed by atoms with Gasteiger partial charge in [0.1, 0.15) is 18.0 Å². The zero-order chi connectivity index (χ0) is 20.5. The van der Waals surface area contributed by atoms with E-state index in [1.165, 1.54) is 19.2 Å². The van der Waals surface area contributed by atoms with Gasteiger partial charge in [0, 0.05) is 10.2 Å². The molecule has 0 aliphatic carbocycles. The van der Waals surface area contributed by atoms with Gasteiger partial charge in [0.05, 0.1) is 14.2 Å². The molecule has 0 amide bonds. The molecule has 1 fully saturated rings. The van der Waals surface area contributed by atoms with Crippen molar-refractivity contribution in [3.05, 3.63) is 58.6 Å². The first-order valence-electron chi connectivity index (χ1n) is 8.34. The van der Waals surface area contributed by atoms with E-state index in [1.807, 2.05) is 0 Å². The highest BCUT2D eigenvalue weighted by molar-refractivity contribution is 9.10. The number of rotatable bonds is 4. The van der Waals surface area contributed by atoms with E-state index in [9.17, 15) is 18.0 Å². The number of alkyl halides is 3. The summed E-state index contributed by atoms with van der Waals surface area (Å²) < 4.78 is 52.5. The first kappa shape index (κ1) is 20.5. The third kappa shape index (κ3) is 3.95. The monoisotopic (exact) mass is 458 g/mol. The van der Waals surface area contributed by atoms with E-state index in [4.69, 9.17) is 4.74 Å². The molecule has 150 valence electrons. The molecule has 3 rings (SSSR count). The molecule has 0 bridgehead atoms. The summed E-state index contributed by atoms with van der Waals surface area (Å²) in [5, 5.41) is 2.80. The van der Waals surface area contributed by atoms with Crippen molar-refractivity contribution >= 4 is 27.6 Å². The van der Waals surface area contributed by atoms with Gasteiger partial charge in [-0.25, -0.2) is 0 Å². The lowest BCUT2D eigenvalue weighted by Crippen LogP contribution is -2.51. The summed E-state index contributed by atoms with van der Waals surface area (Å²) in [5.41, 5.74) is 0.873. The number of nitrogens with zero attached hydrogens (tertiary/aromatic N) is 1. The molecule has 9 heteroatoms. The highest BCUT2D eigenvalue weighted by atomic mass is 79.9. The first-order chi connectivity index (χ1) is 13.3. The number of ether oxygens (including phenoxy) is 2. The van der Waals surface area contributed by atoms with Crippen molar-refractivity contribution in [3.63, 3.8) is 0 Å². The highest BCUT2D eigenvalue weighted by Crippen LogP contribution is 2.42. The number of benzene rings is 2. The van der Waals surface area contributed by atoms with E-state index in [1.54, 1.807) is 36.4 Å². The molecular formula is C19H18BrF3N2O3. The topological polar surface area (TPSA) is 50.8 Å². The standard InChI is InChI=1S/C19H18BrF3N2O3/c1-27-14-8-6-13(7-9-14)25-16(19(21,22)23)15(18(26)28-2)24-17(25)11-4-3-5-12(20)10-11/h3-10,15-17,24H,1-2H3/t15-,16-,17-/m1/s1. The number of hydrogen-bond donors (Lipinski definition) is 1. The minimum Gasteiger partial charge on any atom is -0.497 e. The molecule has 3 atom stereocenters. The summed E-state index contributed by atoms with van der Waals surface area (Å²) in [6, 6.07) is 9.45. The second kappa shape index (κ2) is 8.00. The van der Waals surface area contributed by atoms with Crippen LogP contribution in [0, 0.1) is 0 Å². The molecule has 1 aliphatic heterocycles. The van der Waals surface area contributed by atoms with Gasteiger partial charge in [-0.05, 0) is 42.0 Å². The second-order valence-electron chi connectivity index (χ2n) is 6.22. The van der Waals surface area contributed by atoms with E-state index in [-0.39, 0.29) is 0 Å². The average Bonchev–Trinajstić information content (AvgIpc) is 3.08. The molecule has 28 heavy (non-hydrogen) atoms. The maximum absolute atomic E-state index is 14.0. The number of nitrogens with one attached hydrogen (secondary N) is 1. The molecule has 1 N–H and O–H groups in total. The van der Waals surface area contributed by atoms with Crippen LogP contribution in [0.5, 0.6) is 5.75 Å². The van der Waals surface area contributed by atoms with Gasteiger partial charge < -0.3 is 14.4 Å². The largest absolute Gasteiger partial charge is 0.497 e. The number of hydrogen-bond acceptors (Lipinski definition) is 5. The van der Waals surface area contributed by atoms with Crippen LogP contribution in [0.1, 0.15) is 11.7 Å². The Morgan fingerprint density at radius 2 is 1.82 bits per heavy atom. The Morgan fingerprint density at radius 3 is 2.36 bits per heavy atom. The van der Waals surface area contributed by atoms with Crippen LogP contribution < -0.4 is 15.0 Å². The van der Waals surface area contributed by atoms with Crippen LogP contribution in [0.25, 0.3) is 0 Å². The van der Waals surface area contributed by atoms with E-state index in [2.05, 4.69) is 26.0 Å². The van der Waals surface area contributed by atoms with Gasteiger partial charge in [-0.3, -0.25) is 10.1 Å². The fourth-order valence-corrected chi connectivity index (χ4v) is 3.75. The van der Waals surface area contributed by atoms with Gasteiger partial charge in [0.2, 0.25) is 0 Å². The molecule has 1 heterocycles. The number of esters is 1. The van der Waals surface area contributed by atoms with Crippen molar-refractivity contribution in [2.45, 2.75) is 24.4 Å². The van der Waals surface area contributed by atoms with Crippen LogP contribution >= 0.6 is 15.9 Å². The van der Waals surface area contributed by atoms with Gasteiger partial charge in [0.15, 0.2) is 6.04 Å². The van der Waals surface area contributed by atoms with Gasteiger partial charge >= 0.3 is 12.1 Å². The molecule has 0 spiro atoms. The molecular weight excluding hydrogens is 441 g/mol. The van der Waals surface area contributed by atoms with Crippen molar-refractivity contribution in [2.24, 2.45) is 0 Å². The summed E-state index contributed by atoms with van der Waals surface area (Å²) in [6.07, 6.45) is -5.56. The quantitative estimate of drug-likeness (QED) is 0.700. The minimum absolute atomic E-state index is 0.298. The van der Waals surface area contributed by atoms with Crippen LogP contribution in [0.3, 0.4) is 0 Å². The highest BCUT2D eigenvalue weighted by Gasteiger charge is 2.58. The van der Waals surface area contributed by atoms with Crippen LogP contribution in [0.15, 0.2) is 53.0 Å². The third-order valence-electron chi connectivity index (χ3n) is 4.56. The number of carbonyl (C=O) groups excluding carboxylic acids is 1. The van der Waals surface area contributed by atoms with Crippen LogP contribution in [0.4, 0.5) is 18.9 Å². The van der Waals surface area contributed by atoms with Crippen molar-refractivity contribution < 1.29 is 27.4 Å². The summed E-state index contributed by atoms with van der Waals surface area (Å²) in [4.78, 5) is 13.3. The Hall–Kier alpha value is -2.26. The van der Waals surface area contributed by atoms with E-state index < -0.39 is 30.4 Å². The lowest BCUT2D eigenvalue weighted by atomic mass is 10.1. The molecule has 1 aliphatic rings. The van der Waals surface area contributed by atoms with Crippen molar-refractivity contribution in [1.29, 1.82) is 0 Å². The zero-order valence-corrected chi connectivity index (χ0v) is 16.6. The number of anilines is 1. The van der Waals surface area contributed by atoms with Crippen LogP contribution in [-0.4, -0.2) is 38.4 Å². The Morgan fingerprint density at radius 1 is 1.14 bits per heavy atom. The summed E-state index contributed by atoms with van der Waals surface area (Å²) >= 11 is 3.34. The lowest BCUT2D eigenvalue weighted by molar-refractivity contribution is -0.164. The lowest BCUT2D eigenvalue weighted by Gasteiger charge is -2.33. The first-order valence-corrected chi connectivity index (χ1v) is 9.14. The zero-order valence-electron chi connectivity index (χ0n) is 15.0. The van der Waals surface area contributed by atoms with Crippen LogP contribution in [-0.2, 0) is 9.53 Å². The van der Waals surface area contributed by atoms with Crippen molar-refractivity contribution in [2.75, 3.05) is 19.1 Å². The summed E-state index contributed by atoms with van der Waals surface area (Å²) in [6.45, 7) is 0. The molecule has 0 radical (unpaired) electrons. The summed E-state index contributed by atoms with van der Waals surface area (Å²) in [7, 11) is 2.55.